The molecule has 2 fully saturated rings. The van der Waals surface area contributed by atoms with E-state index in [1.165, 1.54) is 28.4 Å². The number of benzene rings is 2. The van der Waals surface area contributed by atoms with Crippen molar-refractivity contribution in [3.05, 3.63) is 81.1 Å². The van der Waals surface area contributed by atoms with Gasteiger partial charge in [0, 0.05) is 13.0 Å². The fraction of sp³-hybridized carbons (Fsp3) is 0.160. The van der Waals surface area contributed by atoms with Crippen LogP contribution in [-0.2, 0) is 20.9 Å². The van der Waals surface area contributed by atoms with Crippen LogP contribution in [0.15, 0.2) is 64.4 Å². The smallest absolute Gasteiger partial charge is 0.303 e. The second-order valence-electron chi connectivity index (χ2n) is 7.75. The summed E-state index contributed by atoms with van der Waals surface area (Å²) in [6.07, 6.45) is 3.92. The van der Waals surface area contributed by atoms with Crippen LogP contribution in [0.2, 0.25) is 0 Å². The topological polar surface area (TPSA) is 77.9 Å². The molecule has 4 rings (SSSR count). The molecule has 2 aliphatic heterocycles. The molecule has 6 nitrogen and oxygen atoms in total. The predicted molar refractivity (Wildman–Crippen MR) is 148 cm³/mol. The third-order valence-corrected chi connectivity index (χ3v) is 7.99. The van der Waals surface area contributed by atoms with Crippen molar-refractivity contribution in [2.75, 3.05) is 6.54 Å². The zero-order valence-corrected chi connectivity index (χ0v) is 21.6. The monoisotopic (exact) mass is 540 g/mol. The summed E-state index contributed by atoms with van der Waals surface area (Å²) in [5, 5.41) is 8.79. The van der Waals surface area contributed by atoms with Gasteiger partial charge in [0.25, 0.3) is 11.8 Å². The molecule has 35 heavy (non-hydrogen) atoms. The maximum atomic E-state index is 12.9. The minimum atomic E-state index is -0.899. The number of carbonyl (C=O) groups excluding carboxylic acids is 2. The van der Waals surface area contributed by atoms with Crippen molar-refractivity contribution in [3.8, 4) is 0 Å². The van der Waals surface area contributed by atoms with Gasteiger partial charge in [-0.3, -0.25) is 24.2 Å². The Bertz CT molecular complexity index is 1260. The molecule has 0 bridgehead atoms. The zero-order valence-electron chi connectivity index (χ0n) is 18.4. The number of hydrogen-bond acceptors (Lipinski definition) is 7. The van der Waals surface area contributed by atoms with Gasteiger partial charge >= 0.3 is 5.97 Å². The summed E-state index contributed by atoms with van der Waals surface area (Å²) in [4.78, 5) is 40.4. The van der Waals surface area contributed by atoms with Crippen molar-refractivity contribution in [1.29, 1.82) is 0 Å². The van der Waals surface area contributed by atoms with E-state index >= 15 is 0 Å². The molecular formula is C25H20N2O4S4. The predicted octanol–water partition coefficient (Wildman–Crippen LogP) is 5.15. The molecule has 2 amide bonds. The first-order valence-corrected chi connectivity index (χ1v) is 13.1. The van der Waals surface area contributed by atoms with Crippen molar-refractivity contribution in [1.82, 2.24) is 9.80 Å². The molecule has 2 aromatic carbocycles. The number of nitrogens with zero attached hydrogens (tertiary/aromatic N) is 2. The third-order valence-electron chi connectivity index (χ3n) is 5.24. The Labute approximate surface area is 222 Å². The number of rotatable bonds is 8. The van der Waals surface area contributed by atoms with Crippen LogP contribution < -0.4 is 0 Å². The maximum Gasteiger partial charge on any atom is 0.303 e. The highest BCUT2D eigenvalue weighted by Crippen LogP contribution is 2.35. The summed E-state index contributed by atoms with van der Waals surface area (Å²) in [5.74, 6) is -1.22. The largest absolute Gasteiger partial charge is 0.481 e. The minimum Gasteiger partial charge on any atom is -0.481 e. The van der Waals surface area contributed by atoms with Gasteiger partial charge in [-0.1, -0.05) is 103 Å². The van der Waals surface area contributed by atoms with Gasteiger partial charge in [0.15, 0.2) is 0 Å². The Kier molecular flexibility index (Phi) is 8.17. The molecule has 2 heterocycles. The van der Waals surface area contributed by atoms with Crippen molar-refractivity contribution in [3.63, 3.8) is 0 Å². The second kappa shape index (κ2) is 11.3. The van der Waals surface area contributed by atoms with Crippen LogP contribution in [0.5, 0.6) is 0 Å². The zero-order chi connectivity index (χ0) is 24.9. The number of carbonyl (C=O) groups is 3. The highest BCUT2D eigenvalue weighted by atomic mass is 32.2. The third kappa shape index (κ3) is 6.26. The number of amides is 2. The Hall–Kier alpha value is -2.79. The van der Waals surface area contributed by atoms with E-state index in [2.05, 4.69) is 0 Å². The van der Waals surface area contributed by atoms with Crippen LogP contribution in [0.1, 0.15) is 29.5 Å². The Morgan fingerprint density at radius 1 is 0.829 bits per heavy atom. The Balaban J connectivity index is 1.42. The highest BCUT2D eigenvalue weighted by Gasteiger charge is 2.32. The van der Waals surface area contributed by atoms with Crippen LogP contribution in [0.4, 0.5) is 0 Å². The van der Waals surface area contributed by atoms with Gasteiger partial charge < -0.3 is 5.11 Å². The summed E-state index contributed by atoms with van der Waals surface area (Å²) < 4.78 is 0.966. The normalized spacial score (nSPS) is 18.4. The highest BCUT2D eigenvalue weighted by molar-refractivity contribution is 8.27. The van der Waals surface area contributed by atoms with Crippen LogP contribution >= 0.6 is 48.0 Å². The average Bonchev–Trinajstić information content (AvgIpc) is 3.25. The van der Waals surface area contributed by atoms with E-state index in [4.69, 9.17) is 29.5 Å². The number of thiocarbonyl (C=S) groups is 2. The van der Waals surface area contributed by atoms with E-state index in [0.717, 1.165) is 16.7 Å². The summed E-state index contributed by atoms with van der Waals surface area (Å²) >= 11 is 13.2. The second-order valence-corrected chi connectivity index (χ2v) is 11.1. The summed E-state index contributed by atoms with van der Waals surface area (Å²) in [5.41, 5.74) is 2.69. The number of aliphatic carboxylic acids is 1. The van der Waals surface area contributed by atoms with Gasteiger partial charge in [-0.25, -0.2) is 0 Å². The lowest BCUT2D eigenvalue weighted by Gasteiger charge is -2.14. The Morgan fingerprint density at radius 2 is 1.34 bits per heavy atom. The van der Waals surface area contributed by atoms with Gasteiger partial charge in [0.1, 0.15) is 8.64 Å². The summed E-state index contributed by atoms with van der Waals surface area (Å²) in [7, 11) is 0. The van der Waals surface area contributed by atoms with Crippen LogP contribution in [0.25, 0.3) is 12.2 Å². The van der Waals surface area contributed by atoms with Gasteiger partial charge in [-0.2, -0.15) is 0 Å². The first kappa shape index (κ1) is 25.3. The van der Waals surface area contributed by atoms with E-state index in [9.17, 15) is 14.4 Å². The molecule has 178 valence electrons. The van der Waals surface area contributed by atoms with E-state index in [0.29, 0.717) is 31.4 Å². The van der Waals surface area contributed by atoms with Crippen molar-refractivity contribution in [2.24, 2.45) is 0 Å². The molecule has 0 unspecified atom stereocenters. The summed E-state index contributed by atoms with van der Waals surface area (Å²) in [6.45, 7) is 0.728. The fourth-order valence-electron chi connectivity index (χ4n) is 3.47. The molecular weight excluding hydrogens is 521 g/mol. The number of carboxylic acid groups (broad SMARTS) is 1. The van der Waals surface area contributed by atoms with Crippen LogP contribution in [-0.4, -0.2) is 47.9 Å². The van der Waals surface area contributed by atoms with E-state index in [1.807, 2.05) is 60.7 Å². The fourth-order valence-corrected chi connectivity index (χ4v) is 6.04. The number of hydrogen-bond donors (Lipinski definition) is 1. The van der Waals surface area contributed by atoms with E-state index < -0.39 is 5.97 Å². The van der Waals surface area contributed by atoms with Gasteiger partial charge in [-0.05, 0) is 35.3 Å². The van der Waals surface area contributed by atoms with E-state index in [-0.39, 0.29) is 24.8 Å². The van der Waals surface area contributed by atoms with Crippen LogP contribution in [0.3, 0.4) is 0 Å². The molecule has 2 aliphatic rings. The van der Waals surface area contributed by atoms with Crippen molar-refractivity contribution < 1.29 is 19.5 Å². The molecule has 10 heteroatoms. The average molecular weight is 541 g/mol. The van der Waals surface area contributed by atoms with Crippen molar-refractivity contribution >= 4 is 86.5 Å². The number of carboxylic acids is 1. The summed E-state index contributed by atoms with van der Waals surface area (Å²) in [6, 6.07) is 17.2. The molecule has 0 saturated carbocycles. The van der Waals surface area contributed by atoms with Gasteiger partial charge in [-0.15, -0.1) is 0 Å². The Morgan fingerprint density at radius 3 is 1.89 bits per heavy atom. The molecule has 0 aromatic heterocycles. The molecule has 0 aliphatic carbocycles. The molecule has 0 radical (unpaired) electrons. The number of thioether (sulfide) groups is 2. The molecule has 2 saturated heterocycles. The molecule has 0 spiro atoms. The van der Waals surface area contributed by atoms with E-state index in [1.54, 1.807) is 11.0 Å². The quantitative estimate of drug-likeness (QED) is 0.364. The molecule has 0 atom stereocenters. The van der Waals surface area contributed by atoms with Gasteiger partial charge in [0.05, 0.1) is 16.4 Å². The van der Waals surface area contributed by atoms with Crippen LogP contribution in [0, 0.1) is 0 Å². The standard InChI is InChI=1S/C25H20N2O4S4/c28-21(29)7-4-12-26-22(30)19(34-24(26)32)13-16-8-10-17(11-9-16)14-20-23(31)27(25(33)35-20)15-18-5-2-1-3-6-18/h1-3,5-6,8-11,13-14H,4,7,12,15H2,(H,28,29)/b19-13-,20-14+. The molecule has 2 aromatic rings. The van der Waals surface area contributed by atoms with Crippen molar-refractivity contribution in [2.45, 2.75) is 19.4 Å². The molecule has 1 N–H and O–H groups in total. The lowest BCUT2D eigenvalue weighted by atomic mass is 10.1. The first-order valence-electron chi connectivity index (χ1n) is 10.7. The maximum absolute atomic E-state index is 12.9. The lowest BCUT2D eigenvalue weighted by molar-refractivity contribution is -0.137. The SMILES string of the molecule is O=C(O)CCCN1C(=O)/C(=C/c2ccc(/C=C3/SC(=S)N(Cc4ccccc4)C3=O)cc2)SC1=S. The lowest BCUT2D eigenvalue weighted by Crippen LogP contribution is -2.29. The first-order chi connectivity index (χ1) is 16.8. The van der Waals surface area contributed by atoms with Gasteiger partial charge in [0.2, 0.25) is 0 Å². The minimum absolute atomic E-state index is 0.0113.